The van der Waals surface area contributed by atoms with Gasteiger partial charge in [-0.25, -0.2) is 4.79 Å². The number of hydrogen-bond donors (Lipinski definition) is 1. The summed E-state index contributed by atoms with van der Waals surface area (Å²) < 4.78 is 12.0. The van der Waals surface area contributed by atoms with Gasteiger partial charge < -0.3 is 19.5 Å². The van der Waals surface area contributed by atoms with E-state index in [0.29, 0.717) is 29.2 Å². The maximum absolute atomic E-state index is 12.5. The van der Waals surface area contributed by atoms with Gasteiger partial charge in [0.05, 0.1) is 29.8 Å². The second-order valence-electron chi connectivity index (χ2n) is 11.9. The highest BCUT2D eigenvalue weighted by atomic mass is 16.5. The summed E-state index contributed by atoms with van der Waals surface area (Å²) in [7, 11) is 0. The van der Waals surface area contributed by atoms with E-state index in [1.54, 1.807) is 6.20 Å². The van der Waals surface area contributed by atoms with Gasteiger partial charge in [-0.1, -0.05) is 20.3 Å². The van der Waals surface area contributed by atoms with Crippen molar-refractivity contribution in [3.63, 3.8) is 0 Å². The van der Waals surface area contributed by atoms with E-state index in [4.69, 9.17) is 14.5 Å². The van der Waals surface area contributed by atoms with Crippen LogP contribution in [0.15, 0.2) is 24.5 Å². The summed E-state index contributed by atoms with van der Waals surface area (Å²) in [6.07, 6.45) is 8.62. The molecule has 2 fully saturated rings. The first-order valence-electron chi connectivity index (χ1n) is 13.2. The standard InChI is InChI=1S/C29H41N3O4/c1-19(2)18-35-21-8-9-23(31-16-21)22-17-30-20(3)24(26(27(33)34)36-28(4,5)6)25(22)32-14-12-29(13-15-32)10-7-11-29/h8-9,16-17,19,26H,7,10-15,18H2,1-6H3,(H,33,34)/t26-/m0/s1. The fraction of sp³-hybridized carbons (Fsp3) is 0.621. The topological polar surface area (TPSA) is 84.8 Å². The normalized spacial score (nSPS) is 18.2. The van der Waals surface area contributed by atoms with Crippen LogP contribution in [0, 0.1) is 18.3 Å². The molecule has 0 amide bonds. The molecule has 0 unspecified atom stereocenters. The van der Waals surface area contributed by atoms with Crippen molar-refractivity contribution in [3.05, 3.63) is 35.8 Å². The number of hydrogen-bond acceptors (Lipinski definition) is 6. The molecule has 4 rings (SSSR count). The van der Waals surface area contributed by atoms with Crippen LogP contribution >= 0.6 is 0 Å². The molecule has 36 heavy (non-hydrogen) atoms. The van der Waals surface area contributed by atoms with Gasteiger partial charge in [-0.3, -0.25) is 9.97 Å². The highest BCUT2D eigenvalue weighted by molar-refractivity contribution is 5.85. The highest BCUT2D eigenvalue weighted by Crippen LogP contribution is 2.51. The number of anilines is 1. The van der Waals surface area contributed by atoms with Gasteiger partial charge in [0.25, 0.3) is 0 Å². The summed E-state index contributed by atoms with van der Waals surface area (Å²) in [4.78, 5) is 24.2. The van der Waals surface area contributed by atoms with Crippen molar-refractivity contribution in [1.29, 1.82) is 0 Å². The summed E-state index contributed by atoms with van der Waals surface area (Å²) in [5.74, 6) is 0.138. The van der Waals surface area contributed by atoms with Crippen LogP contribution in [-0.4, -0.2) is 46.3 Å². The number of aliphatic carboxylic acids is 1. The number of ether oxygens (including phenoxy) is 2. The first-order chi connectivity index (χ1) is 17.0. The Balaban J connectivity index is 1.78. The molecule has 2 aliphatic rings. The van der Waals surface area contributed by atoms with Crippen LogP contribution in [0.4, 0.5) is 5.69 Å². The van der Waals surface area contributed by atoms with Crippen LogP contribution in [0.2, 0.25) is 0 Å². The molecule has 7 heteroatoms. The van der Waals surface area contributed by atoms with Crippen LogP contribution in [0.3, 0.4) is 0 Å². The van der Waals surface area contributed by atoms with E-state index in [1.807, 2.05) is 46.0 Å². The Morgan fingerprint density at radius 1 is 1.11 bits per heavy atom. The lowest BCUT2D eigenvalue weighted by Crippen LogP contribution is -2.44. The fourth-order valence-corrected chi connectivity index (χ4v) is 5.31. The molecule has 1 saturated heterocycles. The smallest absolute Gasteiger partial charge is 0.337 e. The van der Waals surface area contributed by atoms with Gasteiger partial charge in [-0.2, -0.15) is 0 Å². The molecule has 0 radical (unpaired) electrons. The Bertz CT molecular complexity index is 1060. The zero-order chi connectivity index (χ0) is 26.1. The number of carbonyl (C=O) groups is 1. The van der Waals surface area contributed by atoms with Gasteiger partial charge in [-0.15, -0.1) is 0 Å². The summed E-state index contributed by atoms with van der Waals surface area (Å²) in [5, 5.41) is 10.3. The molecule has 2 aromatic rings. The third-order valence-electron chi connectivity index (χ3n) is 7.40. The van der Waals surface area contributed by atoms with Crippen molar-refractivity contribution in [2.45, 2.75) is 85.4 Å². The van der Waals surface area contributed by atoms with Crippen molar-refractivity contribution in [2.75, 3.05) is 24.6 Å². The zero-order valence-electron chi connectivity index (χ0n) is 22.6. The molecular weight excluding hydrogens is 454 g/mol. The van der Waals surface area contributed by atoms with Crippen molar-refractivity contribution in [1.82, 2.24) is 9.97 Å². The Labute approximate surface area is 215 Å². The van der Waals surface area contributed by atoms with E-state index in [2.05, 4.69) is 23.7 Å². The number of aromatic nitrogens is 2. The predicted octanol–water partition coefficient (Wildman–Crippen LogP) is 6.20. The molecule has 3 heterocycles. The van der Waals surface area contributed by atoms with Crippen LogP contribution in [0.1, 0.15) is 84.1 Å². The first kappa shape index (κ1) is 26.4. The van der Waals surface area contributed by atoms with E-state index in [1.165, 1.54) is 19.3 Å². The second kappa shape index (κ2) is 10.4. The van der Waals surface area contributed by atoms with Gasteiger partial charge in [0.1, 0.15) is 5.75 Å². The van der Waals surface area contributed by atoms with E-state index < -0.39 is 17.7 Å². The molecule has 1 aliphatic heterocycles. The minimum absolute atomic E-state index is 0.425. The first-order valence-corrected chi connectivity index (χ1v) is 13.2. The quantitative estimate of drug-likeness (QED) is 0.467. The van der Waals surface area contributed by atoms with Crippen molar-refractivity contribution in [3.8, 4) is 17.0 Å². The molecule has 1 saturated carbocycles. The molecule has 1 atom stereocenters. The number of carboxylic acid groups (broad SMARTS) is 1. The van der Waals surface area contributed by atoms with E-state index in [9.17, 15) is 9.90 Å². The number of aryl methyl sites for hydroxylation is 1. The maximum Gasteiger partial charge on any atom is 0.337 e. The molecule has 1 N–H and O–H groups in total. The van der Waals surface area contributed by atoms with Crippen molar-refractivity contribution < 1.29 is 19.4 Å². The van der Waals surface area contributed by atoms with Crippen LogP contribution in [0.5, 0.6) is 5.75 Å². The van der Waals surface area contributed by atoms with Gasteiger partial charge >= 0.3 is 5.97 Å². The lowest BCUT2D eigenvalue weighted by molar-refractivity contribution is -0.160. The fourth-order valence-electron chi connectivity index (χ4n) is 5.31. The Morgan fingerprint density at radius 2 is 1.81 bits per heavy atom. The van der Waals surface area contributed by atoms with E-state index in [-0.39, 0.29) is 0 Å². The van der Waals surface area contributed by atoms with E-state index >= 15 is 0 Å². The Hall–Kier alpha value is -2.67. The highest BCUT2D eigenvalue weighted by Gasteiger charge is 2.41. The largest absolute Gasteiger partial charge is 0.492 e. The van der Waals surface area contributed by atoms with Crippen molar-refractivity contribution in [2.24, 2.45) is 11.3 Å². The third-order valence-corrected chi connectivity index (χ3v) is 7.40. The molecule has 196 valence electrons. The van der Waals surface area contributed by atoms with Crippen LogP contribution in [0.25, 0.3) is 11.3 Å². The minimum atomic E-state index is -1.12. The van der Waals surface area contributed by atoms with Crippen LogP contribution in [-0.2, 0) is 9.53 Å². The lowest BCUT2D eigenvalue weighted by Gasteiger charge is -2.49. The molecule has 2 aromatic heterocycles. The SMILES string of the molecule is Cc1ncc(-c2ccc(OCC(C)C)cn2)c(N2CCC3(CCC3)CC2)c1[C@H](OC(C)(C)C)C(=O)O. The van der Waals surface area contributed by atoms with Crippen molar-refractivity contribution >= 4 is 11.7 Å². The summed E-state index contributed by atoms with van der Waals surface area (Å²) >= 11 is 0. The maximum atomic E-state index is 12.5. The minimum Gasteiger partial charge on any atom is -0.492 e. The molecule has 0 aromatic carbocycles. The Kier molecular flexibility index (Phi) is 7.60. The van der Waals surface area contributed by atoms with Gasteiger partial charge in [0.2, 0.25) is 0 Å². The number of rotatable bonds is 8. The summed E-state index contributed by atoms with van der Waals surface area (Å²) in [6, 6.07) is 3.86. The van der Waals surface area contributed by atoms with Crippen LogP contribution < -0.4 is 9.64 Å². The molecule has 1 aliphatic carbocycles. The number of carboxylic acids is 1. The number of piperidine rings is 1. The lowest BCUT2D eigenvalue weighted by atomic mass is 9.63. The predicted molar refractivity (Wildman–Crippen MR) is 141 cm³/mol. The average molecular weight is 496 g/mol. The monoisotopic (exact) mass is 495 g/mol. The van der Waals surface area contributed by atoms with E-state index in [0.717, 1.165) is 48.6 Å². The molecule has 7 nitrogen and oxygen atoms in total. The average Bonchev–Trinajstić information content (AvgIpc) is 2.80. The van der Waals surface area contributed by atoms with Gasteiger partial charge in [0, 0.05) is 36.1 Å². The zero-order valence-corrected chi connectivity index (χ0v) is 22.6. The molecule has 1 spiro atoms. The molecular formula is C29H41N3O4. The summed E-state index contributed by atoms with van der Waals surface area (Å²) in [5.41, 5.74) is 3.61. The number of nitrogens with zero attached hydrogens (tertiary/aromatic N) is 3. The second-order valence-corrected chi connectivity index (χ2v) is 11.9. The summed E-state index contributed by atoms with van der Waals surface area (Å²) in [6.45, 7) is 14.1. The van der Waals surface area contributed by atoms with Gasteiger partial charge in [0.15, 0.2) is 6.10 Å². The van der Waals surface area contributed by atoms with Gasteiger partial charge in [-0.05, 0) is 76.8 Å². The molecule has 0 bridgehead atoms. The third kappa shape index (κ3) is 5.83. The number of pyridine rings is 2. The Morgan fingerprint density at radius 3 is 2.31 bits per heavy atom.